The summed E-state index contributed by atoms with van der Waals surface area (Å²) in [5.41, 5.74) is 1.35. The van der Waals surface area contributed by atoms with Crippen molar-refractivity contribution in [2.75, 3.05) is 0 Å². The van der Waals surface area contributed by atoms with Crippen molar-refractivity contribution in [3.63, 3.8) is 0 Å². The lowest BCUT2D eigenvalue weighted by Gasteiger charge is -2.06. The van der Waals surface area contributed by atoms with Crippen molar-refractivity contribution in [2.24, 2.45) is 0 Å². The molecule has 0 bridgehead atoms. The molecule has 0 unspecified atom stereocenters. The quantitative estimate of drug-likeness (QED) is 0.467. The smallest absolute Gasteiger partial charge is 0.336 e. The highest BCUT2D eigenvalue weighted by molar-refractivity contribution is 5.92. The molecule has 1 rings (SSSR count). The van der Waals surface area contributed by atoms with Gasteiger partial charge in [-0.05, 0) is 30.0 Å². The fraction of sp³-hybridized carbons (Fsp3) is 0.400. The van der Waals surface area contributed by atoms with Gasteiger partial charge < -0.3 is 5.11 Å². The summed E-state index contributed by atoms with van der Waals surface area (Å²) in [5, 5.41) is 19.8. The molecular formula is C15H19NO4. The number of carboxylic acid groups (broad SMARTS) is 1. The summed E-state index contributed by atoms with van der Waals surface area (Å²) in [4.78, 5) is 21.3. The van der Waals surface area contributed by atoms with Gasteiger partial charge in [0.1, 0.15) is 0 Å². The van der Waals surface area contributed by atoms with Crippen molar-refractivity contribution in [3.05, 3.63) is 50.7 Å². The van der Waals surface area contributed by atoms with E-state index in [9.17, 15) is 20.0 Å². The van der Waals surface area contributed by atoms with E-state index in [4.69, 9.17) is 0 Å². The standard InChI is InChI=1S/C15H19NO4/c1-3-4-5-6-12-7-8-13(9-11(2)16(19)20)14(10-12)15(17)18/h7-10H,3-6H2,1-2H3,(H,17,18)/b11-9+. The molecule has 0 aliphatic carbocycles. The highest BCUT2D eigenvalue weighted by atomic mass is 16.6. The molecular weight excluding hydrogens is 258 g/mol. The Morgan fingerprint density at radius 1 is 1.40 bits per heavy atom. The van der Waals surface area contributed by atoms with E-state index in [1.165, 1.54) is 13.0 Å². The summed E-state index contributed by atoms with van der Waals surface area (Å²) < 4.78 is 0. The number of carbonyl (C=O) groups is 1. The van der Waals surface area contributed by atoms with Gasteiger partial charge in [0.05, 0.1) is 10.5 Å². The average molecular weight is 277 g/mol. The molecule has 0 atom stereocenters. The fourth-order valence-electron chi connectivity index (χ4n) is 1.93. The molecule has 5 heteroatoms. The van der Waals surface area contributed by atoms with E-state index in [1.807, 2.05) is 6.07 Å². The number of aromatic carboxylic acids is 1. The molecule has 0 saturated carbocycles. The third kappa shape index (κ3) is 4.50. The minimum absolute atomic E-state index is 0.0776. The Kier molecular flexibility index (Phi) is 5.90. The monoisotopic (exact) mass is 277 g/mol. The maximum atomic E-state index is 11.3. The highest BCUT2D eigenvalue weighted by Gasteiger charge is 2.12. The van der Waals surface area contributed by atoms with E-state index in [2.05, 4.69) is 6.92 Å². The zero-order chi connectivity index (χ0) is 15.1. The van der Waals surface area contributed by atoms with E-state index in [0.717, 1.165) is 31.2 Å². The third-order valence-corrected chi connectivity index (χ3v) is 3.07. The van der Waals surface area contributed by atoms with Gasteiger partial charge in [0.2, 0.25) is 5.70 Å². The van der Waals surface area contributed by atoms with Crippen LogP contribution in [0.1, 0.15) is 54.6 Å². The molecule has 0 saturated heterocycles. The minimum Gasteiger partial charge on any atom is -0.478 e. The Morgan fingerprint density at radius 2 is 2.10 bits per heavy atom. The summed E-state index contributed by atoms with van der Waals surface area (Å²) in [5.74, 6) is -1.07. The normalized spacial score (nSPS) is 11.4. The van der Waals surface area contributed by atoms with Crippen molar-refractivity contribution in [3.8, 4) is 0 Å². The second-order valence-electron chi connectivity index (χ2n) is 4.73. The number of benzene rings is 1. The SMILES string of the molecule is CCCCCc1ccc(/C=C(\C)[N+](=O)[O-])c(C(=O)O)c1. The second-order valence-corrected chi connectivity index (χ2v) is 4.73. The van der Waals surface area contributed by atoms with Crippen molar-refractivity contribution < 1.29 is 14.8 Å². The molecule has 0 heterocycles. The van der Waals surface area contributed by atoms with Crippen LogP contribution in [0.15, 0.2) is 23.9 Å². The molecule has 0 radical (unpaired) electrons. The van der Waals surface area contributed by atoms with Crippen molar-refractivity contribution in [1.82, 2.24) is 0 Å². The topological polar surface area (TPSA) is 80.4 Å². The first-order chi connectivity index (χ1) is 9.45. The van der Waals surface area contributed by atoms with Crippen LogP contribution in [0.5, 0.6) is 0 Å². The molecule has 5 nitrogen and oxygen atoms in total. The zero-order valence-electron chi connectivity index (χ0n) is 11.8. The maximum Gasteiger partial charge on any atom is 0.336 e. The molecule has 0 aromatic heterocycles. The van der Waals surface area contributed by atoms with Gasteiger partial charge in [0.25, 0.3) is 0 Å². The molecule has 1 N–H and O–H groups in total. The van der Waals surface area contributed by atoms with Crippen molar-refractivity contribution >= 4 is 12.0 Å². The van der Waals surface area contributed by atoms with Crippen molar-refractivity contribution in [2.45, 2.75) is 39.5 Å². The summed E-state index contributed by atoms with van der Waals surface area (Å²) in [6.45, 7) is 3.46. The number of hydrogen-bond donors (Lipinski definition) is 1. The first-order valence-corrected chi connectivity index (χ1v) is 6.64. The van der Waals surface area contributed by atoms with Gasteiger partial charge in [-0.15, -0.1) is 0 Å². The molecule has 0 amide bonds. The van der Waals surface area contributed by atoms with Crippen LogP contribution >= 0.6 is 0 Å². The molecule has 1 aromatic carbocycles. The van der Waals surface area contributed by atoms with E-state index in [-0.39, 0.29) is 11.3 Å². The summed E-state index contributed by atoms with van der Waals surface area (Å²) in [7, 11) is 0. The first-order valence-electron chi connectivity index (χ1n) is 6.64. The Hall–Kier alpha value is -2.17. The lowest BCUT2D eigenvalue weighted by Crippen LogP contribution is -2.02. The average Bonchev–Trinajstić information content (AvgIpc) is 2.40. The minimum atomic E-state index is -1.07. The number of unbranched alkanes of at least 4 members (excludes halogenated alkanes) is 2. The van der Waals surface area contributed by atoms with Gasteiger partial charge in [-0.25, -0.2) is 4.79 Å². The largest absolute Gasteiger partial charge is 0.478 e. The van der Waals surface area contributed by atoms with Crippen LogP contribution in [0.25, 0.3) is 6.08 Å². The zero-order valence-corrected chi connectivity index (χ0v) is 11.8. The maximum absolute atomic E-state index is 11.3. The van der Waals surface area contributed by atoms with Crippen LogP contribution < -0.4 is 0 Å². The number of nitro groups is 1. The number of rotatable bonds is 7. The van der Waals surface area contributed by atoms with Crippen LogP contribution in [-0.4, -0.2) is 16.0 Å². The molecule has 0 aliphatic heterocycles. The molecule has 1 aromatic rings. The van der Waals surface area contributed by atoms with Crippen LogP contribution in [0.4, 0.5) is 0 Å². The number of aryl methyl sites for hydroxylation is 1. The lowest BCUT2D eigenvalue weighted by atomic mass is 9.99. The van der Waals surface area contributed by atoms with E-state index in [0.29, 0.717) is 5.56 Å². The van der Waals surface area contributed by atoms with Gasteiger partial charge in [-0.2, -0.15) is 0 Å². The molecule has 20 heavy (non-hydrogen) atoms. The van der Waals surface area contributed by atoms with Crippen LogP contribution in [-0.2, 0) is 6.42 Å². The van der Waals surface area contributed by atoms with Gasteiger partial charge in [-0.3, -0.25) is 10.1 Å². The van der Waals surface area contributed by atoms with Gasteiger partial charge in [0, 0.05) is 13.0 Å². The van der Waals surface area contributed by atoms with Crippen LogP contribution in [0.2, 0.25) is 0 Å². The van der Waals surface area contributed by atoms with Crippen molar-refractivity contribution in [1.29, 1.82) is 0 Å². The van der Waals surface area contributed by atoms with Crippen LogP contribution in [0.3, 0.4) is 0 Å². The lowest BCUT2D eigenvalue weighted by molar-refractivity contribution is -0.422. The summed E-state index contributed by atoms with van der Waals surface area (Å²) in [6.07, 6.45) is 5.34. The summed E-state index contributed by atoms with van der Waals surface area (Å²) in [6, 6.07) is 5.08. The Morgan fingerprint density at radius 3 is 2.65 bits per heavy atom. The predicted octanol–water partition coefficient (Wildman–Crippen LogP) is 3.76. The first kappa shape index (κ1) is 15.9. The number of allylic oxidation sites excluding steroid dienone is 1. The van der Waals surface area contributed by atoms with Gasteiger partial charge in [0.15, 0.2) is 0 Å². The van der Waals surface area contributed by atoms with E-state index < -0.39 is 10.9 Å². The predicted molar refractivity (Wildman–Crippen MR) is 77.3 cm³/mol. The Labute approximate surface area is 118 Å². The Balaban J connectivity index is 3.05. The number of hydrogen-bond acceptors (Lipinski definition) is 3. The molecule has 0 spiro atoms. The number of nitrogens with zero attached hydrogens (tertiary/aromatic N) is 1. The van der Waals surface area contributed by atoms with E-state index in [1.54, 1.807) is 12.1 Å². The molecule has 0 fully saturated rings. The molecule has 0 aliphatic rings. The fourth-order valence-corrected chi connectivity index (χ4v) is 1.93. The van der Waals surface area contributed by atoms with Gasteiger partial charge >= 0.3 is 5.97 Å². The Bertz CT molecular complexity index is 535. The van der Waals surface area contributed by atoms with Crippen LogP contribution in [0, 0.1) is 10.1 Å². The summed E-state index contributed by atoms with van der Waals surface area (Å²) >= 11 is 0. The molecule has 108 valence electrons. The van der Waals surface area contributed by atoms with Gasteiger partial charge in [-0.1, -0.05) is 31.9 Å². The van der Waals surface area contributed by atoms with E-state index >= 15 is 0 Å². The second kappa shape index (κ2) is 7.43. The number of carboxylic acids is 1. The highest BCUT2D eigenvalue weighted by Crippen LogP contribution is 2.18. The third-order valence-electron chi connectivity index (χ3n) is 3.07.